The fourth-order valence-corrected chi connectivity index (χ4v) is 3.62. The Morgan fingerprint density at radius 2 is 2.10 bits per heavy atom. The first kappa shape index (κ1) is 14.5. The lowest BCUT2D eigenvalue weighted by molar-refractivity contribution is -0.124. The van der Waals surface area contributed by atoms with Crippen molar-refractivity contribution in [1.82, 2.24) is 10.6 Å². The summed E-state index contributed by atoms with van der Waals surface area (Å²) in [5.74, 6) is 0.258. The average molecular weight is 288 g/mol. The van der Waals surface area contributed by atoms with Crippen molar-refractivity contribution in [2.75, 3.05) is 13.2 Å². The predicted octanol–water partition coefficient (Wildman–Crippen LogP) is 1.54. The van der Waals surface area contributed by atoms with E-state index in [-0.39, 0.29) is 30.5 Å². The lowest BCUT2D eigenvalue weighted by Gasteiger charge is -2.33. The average Bonchev–Trinajstić information content (AvgIpc) is 2.54. The highest BCUT2D eigenvalue weighted by molar-refractivity contribution is 5.84. The van der Waals surface area contributed by atoms with Gasteiger partial charge in [-0.3, -0.25) is 4.79 Å². The molecule has 1 aromatic rings. The molecule has 3 unspecified atom stereocenters. The molecule has 1 heterocycles. The fraction of sp³-hybridized carbons (Fsp3) is 0.588. The van der Waals surface area contributed by atoms with E-state index in [0.717, 1.165) is 44.2 Å². The number of nitrogens with one attached hydrogen (secondary N) is 2. The summed E-state index contributed by atoms with van der Waals surface area (Å²) in [6.07, 6.45) is 5.25. The first-order chi connectivity index (χ1) is 10.3. The quantitative estimate of drug-likeness (QED) is 0.790. The second-order valence-electron chi connectivity index (χ2n) is 6.18. The second-order valence-corrected chi connectivity index (χ2v) is 6.18. The van der Waals surface area contributed by atoms with Crippen molar-refractivity contribution in [1.29, 1.82) is 0 Å². The zero-order valence-corrected chi connectivity index (χ0v) is 12.3. The third kappa shape index (κ3) is 3.11. The molecule has 1 aliphatic heterocycles. The van der Waals surface area contributed by atoms with Gasteiger partial charge >= 0.3 is 0 Å². The molecule has 0 saturated heterocycles. The third-order valence-electron chi connectivity index (χ3n) is 4.84. The van der Waals surface area contributed by atoms with Crippen molar-refractivity contribution < 1.29 is 9.90 Å². The predicted molar refractivity (Wildman–Crippen MR) is 81.9 cm³/mol. The Balaban J connectivity index is 1.71. The van der Waals surface area contributed by atoms with Gasteiger partial charge in [-0.1, -0.05) is 37.1 Å². The van der Waals surface area contributed by atoms with Gasteiger partial charge in [0.25, 0.3) is 0 Å². The number of fused-ring (bicyclic) bond motifs is 1. The zero-order valence-electron chi connectivity index (χ0n) is 12.3. The summed E-state index contributed by atoms with van der Waals surface area (Å²) < 4.78 is 0. The van der Waals surface area contributed by atoms with Gasteiger partial charge in [0.1, 0.15) is 6.04 Å². The van der Waals surface area contributed by atoms with E-state index in [1.807, 2.05) is 18.2 Å². The number of carbonyl (C=O) groups is 1. The largest absolute Gasteiger partial charge is 0.396 e. The molecule has 4 nitrogen and oxygen atoms in total. The Bertz CT molecular complexity index is 503. The lowest BCUT2D eigenvalue weighted by atomic mass is 9.84. The molecule has 4 heteroatoms. The van der Waals surface area contributed by atoms with Gasteiger partial charge in [0.05, 0.1) is 0 Å². The van der Waals surface area contributed by atoms with Gasteiger partial charge in [0.15, 0.2) is 0 Å². The van der Waals surface area contributed by atoms with Crippen molar-refractivity contribution in [2.45, 2.75) is 44.2 Å². The maximum atomic E-state index is 12.6. The summed E-state index contributed by atoms with van der Waals surface area (Å²) in [4.78, 5) is 12.6. The zero-order chi connectivity index (χ0) is 14.7. The first-order valence-electron chi connectivity index (χ1n) is 8.02. The standard InChI is InChI=1S/C17H24N2O2/c20-11-13-6-2-4-8-15(13)19-17(21)16-14-7-3-1-5-12(14)9-10-18-16/h1,3,5,7,13,15-16,18,20H,2,4,6,8-11H2,(H,19,21). The summed E-state index contributed by atoms with van der Waals surface area (Å²) in [7, 11) is 0. The monoisotopic (exact) mass is 288 g/mol. The van der Waals surface area contributed by atoms with Gasteiger partial charge in [-0.05, 0) is 30.4 Å². The Labute approximate surface area is 125 Å². The van der Waals surface area contributed by atoms with Crippen molar-refractivity contribution in [3.05, 3.63) is 35.4 Å². The summed E-state index contributed by atoms with van der Waals surface area (Å²) in [5.41, 5.74) is 2.36. The Morgan fingerprint density at radius 3 is 2.95 bits per heavy atom. The molecule has 1 aliphatic carbocycles. The number of aliphatic hydroxyl groups is 1. The number of hydrogen-bond donors (Lipinski definition) is 3. The molecule has 1 aromatic carbocycles. The molecular formula is C17H24N2O2. The molecule has 2 aliphatic rings. The highest BCUT2D eigenvalue weighted by atomic mass is 16.3. The van der Waals surface area contributed by atoms with E-state index in [4.69, 9.17) is 0 Å². The fourth-order valence-electron chi connectivity index (χ4n) is 3.62. The van der Waals surface area contributed by atoms with E-state index in [2.05, 4.69) is 16.7 Å². The minimum Gasteiger partial charge on any atom is -0.396 e. The van der Waals surface area contributed by atoms with E-state index >= 15 is 0 Å². The number of rotatable bonds is 3. The van der Waals surface area contributed by atoms with Crippen LogP contribution in [-0.2, 0) is 11.2 Å². The molecule has 1 fully saturated rings. The van der Waals surface area contributed by atoms with Crippen LogP contribution in [0.3, 0.4) is 0 Å². The minimum atomic E-state index is -0.254. The molecule has 1 saturated carbocycles. The van der Waals surface area contributed by atoms with Crippen LogP contribution in [0.25, 0.3) is 0 Å². The topological polar surface area (TPSA) is 61.4 Å². The molecular weight excluding hydrogens is 264 g/mol. The maximum Gasteiger partial charge on any atom is 0.241 e. The Hall–Kier alpha value is -1.39. The summed E-state index contributed by atoms with van der Waals surface area (Å²) >= 11 is 0. The van der Waals surface area contributed by atoms with Crippen molar-refractivity contribution in [3.63, 3.8) is 0 Å². The second kappa shape index (κ2) is 6.58. The number of aliphatic hydroxyl groups excluding tert-OH is 1. The molecule has 21 heavy (non-hydrogen) atoms. The SMILES string of the molecule is O=C(NC1CCCCC1CO)C1NCCc2ccccc21. The van der Waals surface area contributed by atoms with Crippen LogP contribution < -0.4 is 10.6 Å². The molecule has 3 atom stereocenters. The number of amides is 1. The molecule has 0 bridgehead atoms. The molecule has 1 amide bonds. The van der Waals surface area contributed by atoms with Gasteiger partial charge in [-0.15, -0.1) is 0 Å². The third-order valence-corrected chi connectivity index (χ3v) is 4.84. The van der Waals surface area contributed by atoms with Gasteiger partial charge in [0, 0.05) is 25.1 Å². The summed E-state index contributed by atoms with van der Waals surface area (Å²) in [6, 6.07) is 8.03. The van der Waals surface area contributed by atoms with Crippen LogP contribution in [0.1, 0.15) is 42.9 Å². The number of carbonyl (C=O) groups excluding carboxylic acids is 1. The Kier molecular flexibility index (Phi) is 4.56. The van der Waals surface area contributed by atoms with Gasteiger partial charge < -0.3 is 15.7 Å². The molecule has 3 N–H and O–H groups in total. The highest BCUT2D eigenvalue weighted by Gasteiger charge is 2.31. The summed E-state index contributed by atoms with van der Waals surface area (Å²) in [6.45, 7) is 1.00. The van der Waals surface area contributed by atoms with E-state index < -0.39 is 0 Å². The maximum absolute atomic E-state index is 12.6. The minimum absolute atomic E-state index is 0.0486. The summed E-state index contributed by atoms with van der Waals surface area (Å²) in [5, 5.41) is 16.0. The van der Waals surface area contributed by atoms with E-state index in [9.17, 15) is 9.90 Å². The Morgan fingerprint density at radius 1 is 1.29 bits per heavy atom. The molecule has 0 aromatic heterocycles. The van der Waals surface area contributed by atoms with Crippen LogP contribution in [-0.4, -0.2) is 30.2 Å². The number of benzene rings is 1. The van der Waals surface area contributed by atoms with Crippen LogP contribution in [0.4, 0.5) is 0 Å². The van der Waals surface area contributed by atoms with Crippen LogP contribution >= 0.6 is 0 Å². The van der Waals surface area contributed by atoms with Crippen molar-refractivity contribution >= 4 is 5.91 Å². The van der Waals surface area contributed by atoms with Gasteiger partial charge in [-0.25, -0.2) is 0 Å². The molecule has 114 valence electrons. The smallest absolute Gasteiger partial charge is 0.241 e. The van der Waals surface area contributed by atoms with E-state index in [0.29, 0.717) is 0 Å². The van der Waals surface area contributed by atoms with Crippen LogP contribution in [0, 0.1) is 5.92 Å². The first-order valence-corrected chi connectivity index (χ1v) is 8.02. The van der Waals surface area contributed by atoms with Crippen LogP contribution in [0.2, 0.25) is 0 Å². The molecule has 0 radical (unpaired) electrons. The van der Waals surface area contributed by atoms with Crippen LogP contribution in [0.15, 0.2) is 24.3 Å². The molecule has 3 rings (SSSR count). The van der Waals surface area contributed by atoms with E-state index in [1.165, 1.54) is 5.56 Å². The van der Waals surface area contributed by atoms with Crippen LogP contribution in [0.5, 0.6) is 0 Å². The number of hydrogen-bond acceptors (Lipinski definition) is 3. The molecule has 0 spiro atoms. The normalized spacial score (nSPS) is 28.7. The van der Waals surface area contributed by atoms with Gasteiger partial charge in [-0.2, -0.15) is 0 Å². The highest BCUT2D eigenvalue weighted by Crippen LogP contribution is 2.26. The van der Waals surface area contributed by atoms with Gasteiger partial charge in [0.2, 0.25) is 5.91 Å². The van der Waals surface area contributed by atoms with Crippen molar-refractivity contribution in [3.8, 4) is 0 Å². The van der Waals surface area contributed by atoms with E-state index in [1.54, 1.807) is 0 Å². The lowest BCUT2D eigenvalue weighted by Crippen LogP contribution is -2.49. The van der Waals surface area contributed by atoms with Crippen molar-refractivity contribution in [2.24, 2.45) is 5.92 Å².